The van der Waals surface area contributed by atoms with Gasteiger partial charge in [0.05, 0.1) is 11.7 Å². The fourth-order valence-corrected chi connectivity index (χ4v) is 2.70. The first-order valence-electron chi connectivity index (χ1n) is 5.95. The van der Waals surface area contributed by atoms with E-state index in [1.165, 1.54) is 17.4 Å². The number of benzene rings is 1. The van der Waals surface area contributed by atoms with Crippen molar-refractivity contribution in [1.29, 1.82) is 0 Å². The van der Waals surface area contributed by atoms with Crippen LogP contribution in [0.2, 0.25) is 0 Å². The third-order valence-corrected chi connectivity index (χ3v) is 3.79. The van der Waals surface area contributed by atoms with Crippen LogP contribution in [0.5, 0.6) is 0 Å². The lowest BCUT2D eigenvalue weighted by Crippen LogP contribution is -2.15. The van der Waals surface area contributed by atoms with Gasteiger partial charge >= 0.3 is 0 Å². The first-order valence-corrected chi connectivity index (χ1v) is 6.83. The minimum atomic E-state index is -0.888. The summed E-state index contributed by atoms with van der Waals surface area (Å²) < 4.78 is 26.1. The zero-order chi connectivity index (χ0) is 14.2. The van der Waals surface area contributed by atoms with Gasteiger partial charge in [-0.2, -0.15) is 0 Å². The van der Waals surface area contributed by atoms with Gasteiger partial charge in [0.2, 0.25) is 0 Å². The van der Waals surface area contributed by atoms with Crippen LogP contribution in [0.4, 0.5) is 8.78 Å². The number of nitrogens with two attached hydrogens (primary N) is 1. The van der Waals surface area contributed by atoms with Crippen molar-refractivity contribution in [2.24, 2.45) is 5.73 Å². The molecule has 0 saturated heterocycles. The Balaban J connectivity index is 2.31. The van der Waals surface area contributed by atoms with Crippen molar-refractivity contribution < 1.29 is 8.78 Å². The average Bonchev–Trinajstić information content (AvgIpc) is 2.81. The Labute approximate surface area is 115 Å². The molecule has 0 bridgehead atoms. The van der Waals surface area contributed by atoms with Gasteiger partial charge < -0.3 is 5.73 Å². The van der Waals surface area contributed by atoms with E-state index in [0.29, 0.717) is 10.6 Å². The molecule has 0 aliphatic heterocycles. The fourth-order valence-electron chi connectivity index (χ4n) is 1.62. The molecule has 2 rings (SSSR count). The number of aromatic nitrogens is 1. The number of hydrogen-bond acceptors (Lipinski definition) is 3. The first kappa shape index (κ1) is 14.1. The van der Waals surface area contributed by atoms with Crippen molar-refractivity contribution in [2.45, 2.75) is 32.2 Å². The minimum absolute atomic E-state index is 0.0531. The van der Waals surface area contributed by atoms with Crippen molar-refractivity contribution >= 4 is 11.3 Å². The summed E-state index contributed by atoms with van der Waals surface area (Å²) in [5.41, 5.74) is 7.47. The van der Waals surface area contributed by atoms with Crippen molar-refractivity contribution in [3.8, 4) is 0 Å². The topological polar surface area (TPSA) is 38.9 Å². The molecule has 1 aromatic heterocycles. The van der Waals surface area contributed by atoms with Crippen molar-refractivity contribution in [1.82, 2.24) is 4.98 Å². The zero-order valence-electron chi connectivity index (χ0n) is 11.1. The highest BCUT2D eigenvalue weighted by atomic mass is 32.1. The molecule has 0 saturated carbocycles. The Morgan fingerprint density at radius 1 is 1.21 bits per heavy atom. The van der Waals surface area contributed by atoms with Crippen LogP contribution >= 0.6 is 11.3 Å². The molecular formula is C14H16F2N2S. The summed E-state index contributed by atoms with van der Waals surface area (Å²) in [6.45, 7) is 6.19. The van der Waals surface area contributed by atoms with Gasteiger partial charge in [-0.25, -0.2) is 13.8 Å². The van der Waals surface area contributed by atoms with Crippen molar-refractivity contribution in [3.05, 3.63) is 51.5 Å². The molecule has 0 amide bonds. The second kappa shape index (κ2) is 4.98. The predicted molar refractivity (Wildman–Crippen MR) is 73.2 cm³/mol. The van der Waals surface area contributed by atoms with E-state index in [-0.39, 0.29) is 5.41 Å². The van der Waals surface area contributed by atoms with Crippen LogP contribution in [0, 0.1) is 11.6 Å². The molecule has 0 fully saturated rings. The Bertz CT molecular complexity index is 587. The van der Waals surface area contributed by atoms with Crippen LogP contribution in [-0.4, -0.2) is 4.98 Å². The quantitative estimate of drug-likeness (QED) is 0.910. The molecule has 1 aromatic carbocycles. The highest BCUT2D eigenvalue weighted by Gasteiger charge is 2.21. The van der Waals surface area contributed by atoms with Gasteiger partial charge in [0.1, 0.15) is 5.01 Å². The maximum atomic E-state index is 13.2. The third-order valence-electron chi connectivity index (χ3n) is 2.86. The van der Waals surface area contributed by atoms with E-state index in [1.807, 2.05) is 5.38 Å². The maximum absolute atomic E-state index is 13.2. The molecular weight excluding hydrogens is 266 g/mol. The van der Waals surface area contributed by atoms with Crippen LogP contribution in [-0.2, 0) is 5.41 Å². The van der Waals surface area contributed by atoms with E-state index in [1.54, 1.807) is 0 Å². The molecule has 0 aliphatic carbocycles. The largest absolute Gasteiger partial charge is 0.318 e. The zero-order valence-corrected chi connectivity index (χ0v) is 11.9. The summed E-state index contributed by atoms with van der Waals surface area (Å²) in [6, 6.07) is 3.17. The number of rotatable bonds is 2. The fraction of sp³-hybridized carbons (Fsp3) is 0.357. The van der Waals surface area contributed by atoms with Crippen LogP contribution in [0.3, 0.4) is 0 Å². The Morgan fingerprint density at radius 2 is 1.89 bits per heavy atom. The third kappa shape index (κ3) is 2.98. The molecule has 102 valence electrons. The summed E-state index contributed by atoms with van der Waals surface area (Å²) in [5, 5.41) is 2.66. The lowest BCUT2D eigenvalue weighted by atomic mass is 9.93. The van der Waals surface area contributed by atoms with Crippen molar-refractivity contribution in [3.63, 3.8) is 0 Å². The first-order chi connectivity index (χ1) is 8.79. The highest BCUT2D eigenvalue weighted by molar-refractivity contribution is 7.09. The molecule has 1 atom stereocenters. The minimum Gasteiger partial charge on any atom is -0.318 e. The van der Waals surface area contributed by atoms with Gasteiger partial charge in [-0.3, -0.25) is 0 Å². The molecule has 5 heteroatoms. The second-order valence-corrected chi connectivity index (χ2v) is 6.36. The van der Waals surface area contributed by atoms with E-state index in [9.17, 15) is 8.78 Å². The van der Waals surface area contributed by atoms with E-state index >= 15 is 0 Å². The van der Waals surface area contributed by atoms with Gasteiger partial charge in [-0.15, -0.1) is 11.3 Å². The summed E-state index contributed by atoms with van der Waals surface area (Å²) in [6.07, 6.45) is 0. The second-order valence-electron chi connectivity index (χ2n) is 5.47. The number of halogens is 2. The molecule has 0 spiro atoms. The standard InChI is InChI=1S/C14H16F2N2S/c1-14(2,3)11-7-19-13(18-11)12(17)8-4-5-9(15)10(16)6-8/h4-7,12H,17H2,1-3H3. The normalized spacial score (nSPS) is 13.6. The van der Waals surface area contributed by atoms with Crippen LogP contribution in [0.15, 0.2) is 23.6 Å². The summed E-state index contributed by atoms with van der Waals surface area (Å²) in [7, 11) is 0. The molecule has 2 nitrogen and oxygen atoms in total. The Hall–Kier alpha value is -1.33. The average molecular weight is 282 g/mol. The van der Waals surface area contributed by atoms with E-state index in [2.05, 4.69) is 25.8 Å². The number of nitrogens with zero attached hydrogens (tertiary/aromatic N) is 1. The van der Waals surface area contributed by atoms with Crippen LogP contribution in [0.1, 0.15) is 43.1 Å². The molecule has 1 heterocycles. The number of hydrogen-bond donors (Lipinski definition) is 1. The lowest BCUT2D eigenvalue weighted by molar-refractivity contribution is 0.506. The van der Waals surface area contributed by atoms with Gasteiger partial charge in [-0.1, -0.05) is 26.8 Å². The SMILES string of the molecule is CC(C)(C)c1csc(C(N)c2ccc(F)c(F)c2)n1. The Morgan fingerprint density at radius 3 is 2.42 bits per heavy atom. The van der Waals surface area contributed by atoms with Gasteiger partial charge in [0.15, 0.2) is 11.6 Å². The van der Waals surface area contributed by atoms with E-state index < -0.39 is 17.7 Å². The smallest absolute Gasteiger partial charge is 0.159 e. The summed E-state index contributed by atoms with van der Waals surface area (Å²) in [4.78, 5) is 4.49. The van der Waals surface area contributed by atoms with Gasteiger partial charge in [-0.05, 0) is 17.7 Å². The molecule has 2 aromatic rings. The molecule has 2 N–H and O–H groups in total. The number of thiazole rings is 1. The van der Waals surface area contributed by atoms with Crippen molar-refractivity contribution in [2.75, 3.05) is 0 Å². The van der Waals surface area contributed by atoms with Gasteiger partial charge in [0, 0.05) is 10.8 Å². The summed E-state index contributed by atoms with van der Waals surface area (Å²) in [5.74, 6) is -1.76. The van der Waals surface area contributed by atoms with Gasteiger partial charge in [0.25, 0.3) is 0 Å². The highest BCUT2D eigenvalue weighted by Crippen LogP contribution is 2.29. The summed E-state index contributed by atoms with van der Waals surface area (Å²) >= 11 is 1.44. The molecule has 19 heavy (non-hydrogen) atoms. The predicted octanol–water partition coefficient (Wildman–Crippen LogP) is 3.77. The van der Waals surface area contributed by atoms with E-state index in [4.69, 9.17) is 5.73 Å². The Kier molecular flexibility index (Phi) is 3.69. The van der Waals surface area contributed by atoms with Crippen LogP contribution in [0.25, 0.3) is 0 Å². The molecule has 1 unspecified atom stereocenters. The molecule has 0 radical (unpaired) electrons. The lowest BCUT2D eigenvalue weighted by Gasteiger charge is -2.15. The van der Waals surface area contributed by atoms with Crippen LogP contribution < -0.4 is 5.73 Å². The maximum Gasteiger partial charge on any atom is 0.159 e. The monoisotopic (exact) mass is 282 g/mol. The molecule has 0 aliphatic rings. The van der Waals surface area contributed by atoms with E-state index in [0.717, 1.165) is 17.8 Å².